The van der Waals surface area contributed by atoms with Crippen LogP contribution in [0, 0.1) is 11.3 Å². The zero-order valence-corrected chi connectivity index (χ0v) is 19.3. The number of hydrogen-bond acceptors (Lipinski definition) is 8. The second kappa shape index (κ2) is 8.49. The molecule has 3 aromatic rings. The minimum atomic E-state index is -3.89. The number of carbonyl (C=O) groups is 1. The molecule has 0 saturated carbocycles. The summed E-state index contributed by atoms with van der Waals surface area (Å²) in [5.41, 5.74) is 0.392. The minimum absolute atomic E-state index is 0.0462. The monoisotopic (exact) mass is 498 g/mol. The third-order valence-electron chi connectivity index (χ3n) is 6.36. The topological polar surface area (TPSA) is 170 Å². The Morgan fingerprint density at radius 1 is 1.37 bits per heavy atom. The van der Waals surface area contributed by atoms with E-state index >= 15 is 0 Å². The number of fused-ring (bicyclic) bond motifs is 2. The maximum absolute atomic E-state index is 12.8. The van der Waals surface area contributed by atoms with E-state index in [1.807, 2.05) is 0 Å². The van der Waals surface area contributed by atoms with Crippen molar-refractivity contribution in [3.8, 4) is 6.07 Å². The van der Waals surface area contributed by atoms with Crippen LogP contribution in [0.1, 0.15) is 24.8 Å². The number of nitrogens with one attached hydrogen (secondary N) is 2. The standard InChI is InChI=1S/C22H22N6O6S/c23-7-6-22(5-1-9-34-13-22)28-16-4-8-24-21(31)19(16)20(26-28)25-15-2-3-17-14(10-15)11-27(12-18(29)30)35(17,32)33/h2-4,8,10H,1,5-6,9,11-13H2,(H,24,31)(H,25,26)(H,29,30). The van der Waals surface area contributed by atoms with Crippen LogP contribution in [0.2, 0.25) is 0 Å². The number of aromatic nitrogens is 3. The maximum atomic E-state index is 12.8. The van der Waals surface area contributed by atoms with Gasteiger partial charge in [0.05, 0.1) is 35.0 Å². The SMILES string of the molecule is N#CCC1(n2nc(Nc3ccc4c(c3)CN(CC(=O)O)S4(=O)=O)c3c(=O)[nH]ccc32)CCCOC1. The molecule has 0 bridgehead atoms. The predicted molar refractivity (Wildman–Crippen MR) is 124 cm³/mol. The number of pyridine rings is 1. The van der Waals surface area contributed by atoms with Crippen molar-refractivity contribution in [2.24, 2.45) is 0 Å². The lowest BCUT2D eigenvalue weighted by molar-refractivity contribution is -0.137. The van der Waals surface area contributed by atoms with Gasteiger partial charge in [-0.3, -0.25) is 14.3 Å². The summed E-state index contributed by atoms with van der Waals surface area (Å²) in [6.07, 6.45) is 3.10. The van der Waals surface area contributed by atoms with Crippen LogP contribution in [0.3, 0.4) is 0 Å². The van der Waals surface area contributed by atoms with Crippen molar-refractivity contribution in [1.82, 2.24) is 19.1 Å². The Morgan fingerprint density at radius 2 is 2.20 bits per heavy atom. The predicted octanol–water partition coefficient (Wildman–Crippen LogP) is 1.48. The van der Waals surface area contributed by atoms with E-state index in [1.165, 1.54) is 18.3 Å². The lowest BCUT2D eigenvalue weighted by Crippen LogP contribution is -2.42. The third kappa shape index (κ3) is 3.85. The summed E-state index contributed by atoms with van der Waals surface area (Å²) in [5.74, 6) is -0.984. The molecule has 3 N–H and O–H groups in total. The average Bonchev–Trinajstić information content (AvgIpc) is 3.30. The number of benzene rings is 1. The number of sulfonamides is 1. The van der Waals surface area contributed by atoms with Crippen LogP contribution in [0.5, 0.6) is 0 Å². The number of rotatable bonds is 6. The smallest absolute Gasteiger partial charge is 0.318 e. The minimum Gasteiger partial charge on any atom is -0.480 e. The van der Waals surface area contributed by atoms with Gasteiger partial charge in [-0.15, -0.1) is 0 Å². The van der Waals surface area contributed by atoms with E-state index in [4.69, 9.17) is 9.84 Å². The number of nitriles is 1. The highest BCUT2D eigenvalue weighted by molar-refractivity contribution is 7.89. The van der Waals surface area contributed by atoms with Crippen molar-refractivity contribution in [1.29, 1.82) is 5.26 Å². The van der Waals surface area contributed by atoms with E-state index in [1.54, 1.807) is 16.8 Å². The van der Waals surface area contributed by atoms with Crippen LogP contribution in [-0.2, 0) is 31.6 Å². The fraction of sp³-hybridized carbons (Fsp3) is 0.364. The molecule has 0 amide bonds. The van der Waals surface area contributed by atoms with Crippen LogP contribution in [0.25, 0.3) is 10.9 Å². The molecule has 5 rings (SSSR count). The van der Waals surface area contributed by atoms with E-state index in [-0.39, 0.29) is 29.2 Å². The first-order valence-electron chi connectivity index (χ1n) is 10.9. The van der Waals surface area contributed by atoms with Crippen LogP contribution < -0.4 is 10.9 Å². The van der Waals surface area contributed by atoms with Crippen molar-refractivity contribution in [2.75, 3.05) is 25.1 Å². The van der Waals surface area contributed by atoms with E-state index < -0.39 is 28.1 Å². The van der Waals surface area contributed by atoms with Gasteiger partial charge in [-0.2, -0.15) is 14.7 Å². The summed E-state index contributed by atoms with van der Waals surface area (Å²) < 4.78 is 33.5. The number of ether oxygens (including phenoxy) is 1. The average molecular weight is 499 g/mol. The molecule has 0 radical (unpaired) electrons. The molecule has 2 aliphatic heterocycles. The Bertz CT molecular complexity index is 1530. The molecular formula is C22H22N6O6S. The number of carboxylic acid groups (broad SMARTS) is 1. The zero-order chi connectivity index (χ0) is 24.8. The Kier molecular flexibility index (Phi) is 5.59. The van der Waals surface area contributed by atoms with E-state index in [0.717, 1.165) is 10.7 Å². The van der Waals surface area contributed by atoms with Crippen molar-refractivity contribution in [2.45, 2.75) is 36.2 Å². The number of H-pyrrole nitrogens is 1. The van der Waals surface area contributed by atoms with Gasteiger partial charge in [0.25, 0.3) is 5.56 Å². The first kappa shape index (κ1) is 23.0. The van der Waals surface area contributed by atoms with E-state index in [9.17, 15) is 23.3 Å². The van der Waals surface area contributed by atoms with Crippen molar-refractivity contribution < 1.29 is 23.1 Å². The number of anilines is 2. The molecule has 1 atom stereocenters. The summed E-state index contributed by atoms with van der Waals surface area (Å²) in [6, 6.07) is 8.49. The Labute approximate surface area is 199 Å². The molecule has 1 saturated heterocycles. The zero-order valence-electron chi connectivity index (χ0n) is 18.5. The van der Waals surface area contributed by atoms with Gasteiger partial charge in [-0.25, -0.2) is 8.42 Å². The Morgan fingerprint density at radius 3 is 2.91 bits per heavy atom. The summed E-state index contributed by atoms with van der Waals surface area (Å²) in [7, 11) is -3.89. The lowest BCUT2D eigenvalue weighted by Gasteiger charge is -2.35. The highest BCUT2D eigenvalue weighted by Gasteiger charge is 2.38. The van der Waals surface area contributed by atoms with Gasteiger partial charge >= 0.3 is 5.97 Å². The molecule has 1 fully saturated rings. The van der Waals surface area contributed by atoms with Crippen LogP contribution in [-0.4, -0.2) is 58.3 Å². The molecular weight excluding hydrogens is 476 g/mol. The molecule has 182 valence electrons. The number of nitrogens with zero attached hydrogens (tertiary/aromatic N) is 4. The summed E-state index contributed by atoms with van der Waals surface area (Å²) in [4.78, 5) is 26.5. The summed E-state index contributed by atoms with van der Waals surface area (Å²) in [5, 5.41) is 26.6. The second-order valence-electron chi connectivity index (χ2n) is 8.66. The molecule has 0 spiro atoms. The number of hydrogen-bond donors (Lipinski definition) is 3. The normalized spacial score (nSPS) is 21.5. The van der Waals surface area contributed by atoms with Crippen molar-refractivity contribution in [3.63, 3.8) is 0 Å². The first-order chi connectivity index (χ1) is 16.7. The Balaban J connectivity index is 1.56. The molecule has 35 heavy (non-hydrogen) atoms. The van der Waals surface area contributed by atoms with Crippen LogP contribution >= 0.6 is 0 Å². The molecule has 2 aliphatic rings. The molecule has 13 heteroatoms. The third-order valence-corrected chi connectivity index (χ3v) is 8.25. The van der Waals surface area contributed by atoms with Gasteiger partial charge in [-0.1, -0.05) is 0 Å². The van der Waals surface area contributed by atoms with Crippen molar-refractivity contribution in [3.05, 3.63) is 46.4 Å². The first-order valence-corrected chi connectivity index (χ1v) is 12.4. The molecule has 0 aliphatic carbocycles. The lowest BCUT2D eigenvalue weighted by atomic mass is 9.89. The molecule has 12 nitrogen and oxygen atoms in total. The van der Waals surface area contributed by atoms with Gasteiger partial charge in [-0.05, 0) is 42.7 Å². The number of carboxylic acids is 1. The quantitative estimate of drug-likeness (QED) is 0.455. The molecule has 1 aromatic carbocycles. The van der Waals surface area contributed by atoms with Crippen LogP contribution in [0.15, 0.2) is 40.2 Å². The second-order valence-corrected chi connectivity index (χ2v) is 10.6. The fourth-order valence-electron chi connectivity index (χ4n) is 4.77. The van der Waals surface area contributed by atoms with E-state index in [2.05, 4.69) is 21.5 Å². The van der Waals surface area contributed by atoms with Gasteiger partial charge in [0.2, 0.25) is 10.0 Å². The molecule has 2 aromatic heterocycles. The van der Waals surface area contributed by atoms with E-state index in [0.29, 0.717) is 41.8 Å². The largest absolute Gasteiger partial charge is 0.480 e. The van der Waals surface area contributed by atoms with Crippen LogP contribution in [0.4, 0.5) is 11.5 Å². The van der Waals surface area contributed by atoms with Crippen molar-refractivity contribution >= 4 is 38.4 Å². The Hall–Kier alpha value is -3.73. The van der Waals surface area contributed by atoms with Gasteiger partial charge in [0.1, 0.15) is 11.9 Å². The summed E-state index contributed by atoms with van der Waals surface area (Å²) in [6.45, 7) is 0.180. The summed E-state index contributed by atoms with van der Waals surface area (Å²) >= 11 is 0. The highest BCUT2D eigenvalue weighted by Crippen LogP contribution is 2.37. The van der Waals surface area contributed by atoms with Gasteiger partial charge in [0, 0.05) is 25.0 Å². The van der Waals surface area contributed by atoms with Gasteiger partial charge in [0.15, 0.2) is 5.82 Å². The number of aromatic amines is 1. The molecule has 1 unspecified atom stereocenters. The fourth-order valence-corrected chi connectivity index (χ4v) is 6.33. The maximum Gasteiger partial charge on any atom is 0.318 e. The number of aliphatic carboxylic acids is 1. The molecule has 4 heterocycles. The van der Waals surface area contributed by atoms with Gasteiger partial charge < -0.3 is 20.1 Å². The highest BCUT2D eigenvalue weighted by atomic mass is 32.2.